The molecule has 0 heterocycles. The highest BCUT2D eigenvalue weighted by atomic mass is 15.1. The molecule has 1 heteroatoms. The van der Waals surface area contributed by atoms with E-state index < -0.39 is 41.7 Å². The van der Waals surface area contributed by atoms with Crippen LogP contribution in [0.15, 0.2) is 212 Å². The van der Waals surface area contributed by atoms with Gasteiger partial charge in [0, 0.05) is 17.1 Å². The molecule has 0 bridgehead atoms. The molecule has 0 saturated heterocycles. The smallest absolute Gasteiger partial charge is 0.0714 e. The molecule has 8 aromatic rings. The Morgan fingerprint density at radius 1 is 0.360 bits per heavy atom. The van der Waals surface area contributed by atoms with Crippen molar-refractivity contribution in [2.45, 2.75) is 5.41 Å². The van der Waals surface area contributed by atoms with E-state index in [4.69, 9.17) is 13.7 Å². The second-order valence-corrected chi connectivity index (χ2v) is 12.2. The Hall–Kier alpha value is -6.44. The number of rotatable bonds is 7. The van der Waals surface area contributed by atoms with Crippen LogP contribution in [0.5, 0.6) is 0 Å². The molecule has 50 heavy (non-hydrogen) atoms. The summed E-state index contributed by atoms with van der Waals surface area (Å²) in [6.45, 7) is 0. The summed E-state index contributed by atoms with van der Waals surface area (Å²) in [5.74, 6) is 0. The molecule has 0 atom stereocenters. The van der Waals surface area contributed by atoms with E-state index in [2.05, 4.69) is 95.9 Å². The monoisotopic (exact) mass is 647 g/mol. The van der Waals surface area contributed by atoms with Gasteiger partial charge in [-0.05, 0) is 92.0 Å². The van der Waals surface area contributed by atoms with Crippen LogP contribution in [0.4, 0.5) is 17.1 Å². The van der Waals surface area contributed by atoms with Crippen molar-refractivity contribution in [3.63, 3.8) is 0 Å². The normalized spacial score (nSPS) is 15.4. The standard InChI is InChI=1S/C49H35N/c1-5-15-36(16-6-1)38-25-29-42(30-26-38)50(43-31-27-39(28-32-43)37-17-7-2-8-18-37)44-33-34-46-45-23-13-14-24-47(45)49(48(46)35-44,40-19-9-3-10-20-40)41-21-11-4-12-22-41/h1-35H/i1D,2D,5D,6D,7D,8D,15D,16D,17D,18D. The second kappa shape index (κ2) is 12.5. The highest BCUT2D eigenvalue weighted by molar-refractivity contribution is 5.90. The minimum atomic E-state index is -0.675. The molecule has 0 radical (unpaired) electrons. The van der Waals surface area contributed by atoms with Crippen LogP contribution in [-0.4, -0.2) is 0 Å². The average molecular weight is 648 g/mol. The van der Waals surface area contributed by atoms with E-state index in [9.17, 15) is 0 Å². The largest absolute Gasteiger partial charge is 0.310 e. The molecule has 0 aliphatic heterocycles. The van der Waals surface area contributed by atoms with E-state index in [1.807, 2.05) is 36.4 Å². The fraction of sp³-hybridized carbons (Fsp3) is 0.0204. The van der Waals surface area contributed by atoms with Crippen molar-refractivity contribution < 1.29 is 13.7 Å². The molecule has 0 amide bonds. The highest BCUT2D eigenvalue weighted by Gasteiger charge is 2.46. The number of hydrogen-bond donors (Lipinski definition) is 0. The van der Waals surface area contributed by atoms with Crippen LogP contribution < -0.4 is 4.90 Å². The molecule has 8 aromatic carbocycles. The molecule has 1 nitrogen and oxygen atoms in total. The molecule has 0 spiro atoms. The summed E-state index contributed by atoms with van der Waals surface area (Å²) in [5, 5.41) is 0. The summed E-state index contributed by atoms with van der Waals surface area (Å²) in [4.78, 5) is 2.06. The van der Waals surface area contributed by atoms with Crippen molar-refractivity contribution in [1.82, 2.24) is 0 Å². The lowest BCUT2D eigenvalue weighted by Gasteiger charge is -2.35. The summed E-state index contributed by atoms with van der Waals surface area (Å²) in [6.07, 6.45) is 0. The number of nitrogens with zero attached hydrogens (tertiary/aromatic N) is 1. The van der Waals surface area contributed by atoms with Gasteiger partial charge in [-0.15, -0.1) is 0 Å². The minimum absolute atomic E-state index is 0.105. The molecule has 0 unspecified atom stereocenters. The maximum absolute atomic E-state index is 8.60. The Morgan fingerprint density at radius 2 is 0.800 bits per heavy atom. The predicted octanol–water partition coefficient (Wildman–Crippen LogP) is 12.9. The number of hydrogen-bond acceptors (Lipinski definition) is 1. The molecule has 236 valence electrons. The van der Waals surface area contributed by atoms with Crippen molar-refractivity contribution in [1.29, 1.82) is 0 Å². The fourth-order valence-corrected chi connectivity index (χ4v) is 7.36. The molecule has 1 aliphatic carbocycles. The Labute approximate surface area is 308 Å². The average Bonchev–Trinajstić information content (AvgIpc) is 3.58. The Morgan fingerprint density at radius 3 is 1.32 bits per heavy atom. The fourth-order valence-electron chi connectivity index (χ4n) is 7.36. The van der Waals surface area contributed by atoms with E-state index in [0.29, 0.717) is 22.5 Å². The van der Waals surface area contributed by atoms with Crippen LogP contribution in [-0.2, 0) is 5.41 Å². The van der Waals surface area contributed by atoms with Gasteiger partial charge in [0.2, 0.25) is 0 Å². The molecular formula is C49H35N. The van der Waals surface area contributed by atoms with Gasteiger partial charge in [-0.3, -0.25) is 0 Å². The molecular weight excluding hydrogens is 603 g/mol. The number of fused-ring (bicyclic) bond motifs is 3. The van der Waals surface area contributed by atoms with Crippen LogP contribution in [0.3, 0.4) is 0 Å². The first-order chi connectivity index (χ1) is 28.9. The Balaban J connectivity index is 1.26. The van der Waals surface area contributed by atoms with E-state index in [-0.39, 0.29) is 35.3 Å². The van der Waals surface area contributed by atoms with Crippen LogP contribution in [0, 0.1) is 0 Å². The van der Waals surface area contributed by atoms with E-state index in [1.165, 1.54) is 0 Å². The zero-order valence-electron chi connectivity index (χ0n) is 36.9. The quantitative estimate of drug-likeness (QED) is 0.166. The lowest BCUT2D eigenvalue weighted by atomic mass is 9.67. The Bertz CT molecular complexity index is 2760. The summed E-state index contributed by atoms with van der Waals surface area (Å²) in [5.41, 5.74) is 9.36. The van der Waals surface area contributed by atoms with E-state index in [0.717, 1.165) is 39.1 Å². The topological polar surface area (TPSA) is 3.24 Å². The van der Waals surface area contributed by atoms with Gasteiger partial charge in [0.1, 0.15) is 0 Å². The van der Waals surface area contributed by atoms with Crippen molar-refractivity contribution in [2.24, 2.45) is 0 Å². The zero-order chi connectivity index (χ0) is 42.0. The Kier molecular flexibility index (Phi) is 5.22. The summed E-state index contributed by atoms with van der Waals surface area (Å²) >= 11 is 0. The van der Waals surface area contributed by atoms with Crippen molar-refractivity contribution in [3.05, 3.63) is 234 Å². The molecule has 9 rings (SSSR count). The van der Waals surface area contributed by atoms with Gasteiger partial charge in [0.25, 0.3) is 0 Å². The second-order valence-electron chi connectivity index (χ2n) is 12.2. The maximum atomic E-state index is 8.60. The van der Waals surface area contributed by atoms with E-state index in [1.54, 1.807) is 24.3 Å². The summed E-state index contributed by atoms with van der Waals surface area (Å²) < 4.78 is 83.6. The zero-order valence-corrected chi connectivity index (χ0v) is 26.9. The van der Waals surface area contributed by atoms with Gasteiger partial charge >= 0.3 is 0 Å². The molecule has 0 saturated carbocycles. The highest BCUT2D eigenvalue weighted by Crippen LogP contribution is 2.57. The molecule has 0 fully saturated rings. The molecule has 1 aliphatic rings. The van der Waals surface area contributed by atoms with Crippen LogP contribution in [0.1, 0.15) is 36.0 Å². The van der Waals surface area contributed by atoms with Crippen LogP contribution in [0.2, 0.25) is 0 Å². The van der Waals surface area contributed by atoms with Crippen LogP contribution in [0.25, 0.3) is 33.4 Å². The number of benzene rings is 8. The lowest BCUT2D eigenvalue weighted by Crippen LogP contribution is -2.28. The molecule has 0 aromatic heterocycles. The number of anilines is 3. The van der Waals surface area contributed by atoms with Crippen molar-refractivity contribution >= 4 is 17.1 Å². The van der Waals surface area contributed by atoms with Gasteiger partial charge in [-0.1, -0.05) is 176 Å². The first kappa shape index (κ1) is 20.8. The summed E-state index contributed by atoms with van der Waals surface area (Å²) in [6, 6.07) is 46.6. The predicted molar refractivity (Wildman–Crippen MR) is 209 cm³/mol. The van der Waals surface area contributed by atoms with E-state index >= 15 is 0 Å². The first-order valence-corrected chi connectivity index (χ1v) is 16.5. The SMILES string of the molecule is [2H]c1c([2H])c([2H])c(-c2ccc(N(c3ccc(-c4c([2H])c([2H])c([2H])c([2H])c4[2H])cc3)c3ccc4c(c3)C(c3ccccc3)(c3ccccc3)c3ccccc3-4)cc2)c([2H])c1[2H]. The van der Waals surface area contributed by atoms with Crippen LogP contribution >= 0.6 is 0 Å². The van der Waals surface area contributed by atoms with Crippen molar-refractivity contribution in [2.75, 3.05) is 4.90 Å². The van der Waals surface area contributed by atoms with Gasteiger partial charge in [-0.25, -0.2) is 0 Å². The van der Waals surface area contributed by atoms with Gasteiger partial charge in [0.15, 0.2) is 0 Å². The molecule has 0 N–H and O–H groups in total. The van der Waals surface area contributed by atoms with Gasteiger partial charge in [-0.2, -0.15) is 0 Å². The van der Waals surface area contributed by atoms with Crippen molar-refractivity contribution in [3.8, 4) is 33.4 Å². The minimum Gasteiger partial charge on any atom is -0.310 e. The van der Waals surface area contributed by atoms with Gasteiger partial charge in [0.05, 0.1) is 19.1 Å². The maximum Gasteiger partial charge on any atom is 0.0714 e. The lowest BCUT2D eigenvalue weighted by molar-refractivity contribution is 0.768. The van der Waals surface area contributed by atoms with Gasteiger partial charge < -0.3 is 4.90 Å². The summed E-state index contributed by atoms with van der Waals surface area (Å²) in [7, 11) is 0. The third kappa shape index (κ3) is 4.95. The third-order valence-electron chi connectivity index (χ3n) is 9.53. The first-order valence-electron chi connectivity index (χ1n) is 21.5. The third-order valence-corrected chi connectivity index (χ3v) is 9.53.